The van der Waals surface area contributed by atoms with Crippen molar-refractivity contribution in [2.45, 2.75) is 5.75 Å². The summed E-state index contributed by atoms with van der Waals surface area (Å²) in [7, 11) is 2.77. The number of hydrogen-bond acceptors (Lipinski definition) is 6. The summed E-state index contributed by atoms with van der Waals surface area (Å²) in [5, 5.41) is 11.5. The number of ether oxygens (including phenoxy) is 2. The number of benzene rings is 2. The number of rotatable bonds is 7. The zero-order chi connectivity index (χ0) is 18.9. The summed E-state index contributed by atoms with van der Waals surface area (Å²) >= 11 is 1.44. The number of hydrogen-bond donors (Lipinski definition) is 1. The predicted octanol–water partition coefficient (Wildman–Crippen LogP) is 3.23. The van der Waals surface area contributed by atoms with E-state index >= 15 is 0 Å². The van der Waals surface area contributed by atoms with Crippen molar-refractivity contribution < 1.29 is 19.1 Å². The molecule has 0 aliphatic carbocycles. The highest BCUT2D eigenvalue weighted by Gasteiger charge is 2.15. The second kappa shape index (κ2) is 9.49. The molecule has 0 saturated carbocycles. The molecule has 0 heterocycles. The maximum Gasteiger partial charge on any atom is 0.340 e. The maximum atomic E-state index is 12.2. The van der Waals surface area contributed by atoms with E-state index in [1.165, 1.54) is 32.0 Å². The molecular formula is C19H18N2O4S. The quantitative estimate of drug-likeness (QED) is 0.753. The van der Waals surface area contributed by atoms with E-state index in [0.29, 0.717) is 22.8 Å². The number of amides is 1. The molecule has 1 N–H and O–H groups in total. The summed E-state index contributed by atoms with van der Waals surface area (Å²) in [6, 6.07) is 14.1. The highest BCUT2D eigenvalue weighted by atomic mass is 32.2. The standard InChI is InChI=1S/C19H18N2O4S/c1-24-15-7-8-17(16(9-15)19(23)25-2)21-18(22)12-26-11-14-5-3-13(10-20)4-6-14/h3-9H,11-12H2,1-2H3,(H,21,22). The Kier molecular flexibility index (Phi) is 7.06. The molecule has 0 aromatic heterocycles. The monoisotopic (exact) mass is 370 g/mol. The van der Waals surface area contributed by atoms with Gasteiger partial charge in [0, 0.05) is 5.75 Å². The minimum atomic E-state index is -0.551. The van der Waals surface area contributed by atoms with Crippen molar-refractivity contribution in [3.05, 3.63) is 59.2 Å². The van der Waals surface area contributed by atoms with Gasteiger partial charge in [-0.15, -0.1) is 11.8 Å². The van der Waals surface area contributed by atoms with Gasteiger partial charge in [-0.05, 0) is 35.9 Å². The zero-order valence-corrected chi connectivity index (χ0v) is 15.3. The van der Waals surface area contributed by atoms with E-state index in [4.69, 9.17) is 14.7 Å². The molecule has 0 aliphatic heterocycles. The molecule has 2 aromatic rings. The van der Waals surface area contributed by atoms with Gasteiger partial charge in [-0.1, -0.05) is 12.1 Å². The molecule has 0 unspecified atom stereocenters. The summed E-state index contributed by atoms with van der Waals surface area (Å²) in [6.07, 6.45) is 0. The molecule has 0 saturated heterocycles. The largest absolute Gasteiger partial charge is 0.497 e. The first-order chi connectivity index (χ1) is 12.6. The van der Waals surface area contributed by atoms with E-state index in [1.54, 1.807) is 24.3 Å². The molecule has 0 aliphatic rings. The number of thioether (sulfide) groups is 1. The van der Waals surface area contributed by atoms with Gasteiger partial charge < -0.3 is 14.8 Å². The molecule has 0 spiro atoms. The van der Waals surface area contributed by atoms with Gasteiger partial charge in [-0.2, -0.15) is 5.26 Å². The third-order valence-electron chi connectivity index (χ3n) is 3.49. The Balaban J connectivity index is 1.94. The van der Waals surface area contributed by atoms with Crippen LogP contribution in [0.1, 0.15) is 21.5 Å². The Labute approximate surface area is 156 Å². The number of carbonyl (C=O) groups is 2. The van der Waals surface area contributed by atoms with Gasteiger partial charge in [0.25, 0.3) is 0 Å². The highest BCUT2D eigenvalue weighted by molar-refractivity contribution is 7.99. The molecule has 2 rings (SSSR count). The number of nitrogens with one attached hydrogen (secondary N) is 1. The van der Waals surface area contributed by atoms with Crippen LogP contribution in [0.4, 0.5) is 5.69 Å². The summed E-state index contributed by atoms with van der Waals surface area (Å²) in [5.74, 6) is 0.597. The second-order valence-corrected chi connectivity index (χ2v) is 6.24. The Hall–Kier alpha value is -2.98. The molecule has 0 radical (unpaired) electrons. The topological polar surface area (TPSA) is 88.4 Å². The van der Waals surface area contributed by atoms with Crippen LogP contribution in [0.3, 0.4) is 0 Å². The van der Waals surface area contributed by atoms with Crippen molar-refractivity contribution in [2.24, 2.45) is 0 Å². The van der Waals surface area contributed by atoms with E-state index in [9.17, 15) is 9.59 Å². The number of nitrogens with zero attached hydrogens (tertiary/aromatic N) is 1. The molecule has 134 valence electrons. The van der Waals surface area contributed by atoms with Gasteiger partial charge in [0.2, 0.25) is 5.91 Å². The van der Waals surface area contributed by atoms with Gasteiger partial charge in [0.15, 0.2) is 0 Å². The normalized spacial score (nSPS) is 9.88. The van der Waals surface area contributed by atoms with Gasteiger partial charge in [-0.3, -0.25) is 4.79 Å². The van der Waals surface area contributed by atoms with Crippen LogP contribution in [-0.4, -0.2) is 31.8 Å². The van der Waals surface area contributed by atoms with Crippen molar-refractivity contribution in [1.82, 2.24) is 0 Å². The fraction of sp³-hybridized carbons (Fsp3) is 0.211. The molecule has 7 heteroatoms. The second-order valence-electron chi connectivity index (χ2n) is 5.25. The molecule has 6 nitrogen and oxygen atoms in total. The lowest BCUT2D eigenvalue weighted by atomic mass is 10.1. The van der Waals surface area contributed by atoms with Crippen LogP contribution in [0.5, 0.6) is 5.75 Å². The van der Waals surface area contributed by atoms with E-state index in [2.05, 4.69) is 11.4 Å². The van der Waals surface area contributed by atoms with Crippen LogP contribution >= 0.6 is 11.8 Å². The lowest BCUT2D eigenvalue weighted by molar-refractivity contribution is -0.113. The molecule has 0 atom stereocenters. The lowest BCUT2D eigenvalue weighted by Gasteiger charge is -2.11. The van der Waals surface area contributed by atoms with Crippen LogP contribution in [0.25, 0.3) is 0 Å². The molecular weight excluding hydrogens is 352 g/mol. The minimum Gasteiger partial charge on any atom is -0.497 e. The van der Waals surface area contributed by atoms with Crippen LogP contribution in [0.2, 0.25) is 0 Å². The highest BCUT2D eigenvalue weighted by Crippen LogP contribution is 2.23. The van der Waals surface area contributed by atoms with Crippen molar-refractivity contribution >= 4 is 29.3 Å². The molecule has 1 amide bonds. The third-order valence-corrected chi connectivity index (χ3v) is 4.49. The zero-order valence-electron chi connectivity index (χ0n) is 14.4. The van der Waals surface area contributed by atoms with E-state index in [0.717, 1.165) is 5.56 Å². The van der Waals surface area contributed by atoms with E-state index in [-0.39, 0.29) is 17.2 Å². The smallest absolute Gasteiger partial charge is 0.340 e. The number of carbonyl (C=O) groups excluding carboxylic acids is 2. The number of esters is 1. The average molecular weight is 370 g/mol. The molecule has 0 fully saturated rings. The molecule has 26 heavy (non-hydrogen) atoms. The maximum absolute atomic E-state index is 12.2. The van der Waals surface area contributed by atoms with Crippen molar-refractivity contribution in [1.29, 1.82) is 5.26 Å². The van der Waals surface area contributed by atoms with Crippen LogP contribution in [-0.2, 0) is 15.3 Å². The van der Waals surface area contributed by atoms with Gasteiger partial charge >= 0.3 is 5.97 Å². The summed E-state index contributed by atoms with van der Waals surface area (Å²) in [5.41, 5.74) is 2.24. The van der Waals surface area contributed by atoms with Crippen LogP contribution < -0.4 is 10.1 Å². The first-order valence-electron chi connectivity index (χ1n) is 7.70. The first kappa shape index (κ1) is 19.3. The Bertz CT molecular complexity index is 828. The third kappa shape index (κ3) is 5.26. The van der Waals surface area contributed by atoms with Crippen LogP contribution in [0.15, 0.2) is 42.5 Å². The average Bonchev–Trinajstić information content (AvgIpc) is 2.68. The van der Waals surface area contributed by atoms with Gasteiger partial charge in [0.05, 0.1) is 42.9 Å². The number of methoxy groups -OCH3 is 2. The Morgan fingerprint density at radius 2 is 1.88 bits per heavy atom. The summed E-state index contributed by atoms with van der Waals surface area (Å²) < 4.78 is 9.84. The number of anilines is 1. The van der Waals surface area contributed by atoms with E-state index in [1.807, 2.05) is 12.1 Å². The van der Waals surface area contributed by atoms with Crippen molar-refractivity contribution in [2.75, 3.05) is 25.3 Å². The fourth-order valence-electron chi connectivity index (χ4n) is 2.16. The summed E-state index contributed by atoms with van der Waals surface area (Å²) in [4.78, 5) is 24.0. The fourth-order valence-corrected chi connectivity index (χ4v) is 2.95. The Morgan fingerprint density at radius 3 is 2.50 bits per heavy atom. The summed E-state index contributed by atoms with van der Waals surface area (Å²) in [6.45, 7) is 0. The van der Waals surface area contributed by atoms with Crippen molar-refractivity contribution in [3.8, 4) is 11.8 Å². The molecule has 0 bridgehead atoms. The first-order valence-corrected chi connectivity index (χ1v) is 8.86. The Morgan fingerprint density at radius 1 is 1.15 bits per heavy atom. The number of nitriles is 1. The SMILES string of the molecule is COC(=O)c1cc(OC)ccc1NC(=O)CSCc1ccc(C#N)cc1. The van der Waals surface area contributed by atoms with E-state index < -0.39 is 5.97 Å². The van der Waals surface area contributed by atoms with Gasteiger partial charge in [-0.25, -0.2) is 4.79 Å². The minimum absolute atomic E-state index is 0.223. The van der Waals surface area contributed by atoms with Crippen molar-refractivity contribution in [3.63, 3.8) is 0 Å². The van der Waals surface area contributed by atoms with Gasteiger partial charge in [0.1, 0.15) is 5.75 Å². The lowest BCUT2D eigenvalue weighted by Crippen LogP contribution is -2.17. The molecule has 2 aromatic carbocycles. The predicted molar refractivity (Wildman–Crippen MR) is 100 cm³/mol. The van der Waals surface area contributed by atoms with Crippen LogP contribution in [0, 0.1) is 11.3 Å².